The van der Waals surface area contributed by atoms with Gasteiger partial charge in [-0.25, -0.2) is 4.98 Å². The van der Waals surface area contributed by atoms with E-state index in [1.807, 2.05) is 17.0 Å². The zero-order chi connectivity index (χ0) is 23.4. The van der Waals surface area contributed by atoms with Crippen molar-refractivity contribution in [2.75, 3.05) is 40.3 Å². The molecule has 0 bridgehead atoms. The first-order valence-electron chi connectivity index (χ1n) is 11.3. The van der Waals surface area contributed by atoms with Gasteiger partial charge >= 0.3 is 0 Å². The van der Waals surface area contributed by atoms with E-state index in [0.29, 0.717) is 30.0 Å². The second-order valence-corrected chi connectivity index (χ2v) is 8.58. The predicted molar refractivity (Wildman–Crippen MR) is 129 cm³/mol. The fourth-order valence-corrected chi connectivity index (χ4v) is 4.37. The molecule has 1 saturated heterocycles. The van der Waals surface area contributed by atoms with Gasteiger partial charge < -0.3 is 9.80 Å². The Labute approximate surface area is 195 Å². The third-order valence-corrected chi connectivity index (χ3v) is 6.14. The van der Waals surface area contributed by atoms with Crippen LogP contribution < -0.4 is 0 Å². The SMILES string of the molecule is Cc1nc(C(=O)N(C)C)ccc1C(=O)N1CCN(C(c2ccccc2)c2ccccc2)CC1. The van der Waals surface area contributed by atoms with Crippen molar-refractivity contribution in [3.8, 4) is 0 Å². The van der Waals surface area contributed by atoms with Gasteiger partial charge in [-0.15, -0.1) is 0 Å². The summed E-state index contributed by atoms with van der Waals surface area (Å²) in [4.78, 5) is 35.6. The van der Waals surface area contributed by atoms with E-state index in [4.69, 9.17) is 0 Å². The maximum atomic E-state index is 13.2. The van der Waals surface area contributed by atoms with Crippen LogP contribution in [0.2, 0.25) is 0 Å². The summed E-state index contributed by atoms with van der Waals surface area (Å²) in [5, 5.41) is 0. The number of piperazine rings is 1. The molecule has 2 amide bonds. The van der Waals surface area contributed by atoms with Crippen molar-refractivity contribution in [2.45, 2.75) is 13.0 Å². The molecule has 0 radical (unpaired) electrons. The molecule has 6 heteroatoms. The highest BCUT2D eigenvalue weighted by atomic mass is 16.2. The number of carbonyl (C=O) groups is 2. The van der Waals surface area contributed by atoms with Gasteiger partial charge in [0.05, 0.1) is 17.3 Å². The third-order valence-electron chi connectivity index (χ3n) is 6.14. The van der Waals surface area contributed by atoms with Gasteiger partial charge in [0.25, 0.3) is 11.8 Å². The Kier molecular flexibility index (Phi) is 6.84. The monoisotopic (exact) mass is 442 g/mol. The Morgan fingerprint density at radius 3 is 1.85 bits per heavy atom. The molecule has 0 N–H and O–H groups in total. The van der Waals surface area contributed by atoms with Crippen molar-refractivity contribution in [2.24, 2.45) is 0 Å². The van der Waals surface area contributed by atoms with Gasteiger partial charge in [0.1, 0.15) is 5.69 Å². The van der Waals surface area contributed by atoms with Crippen molar-refractivity contribution < 1.29 is 9.59 Å². The largest absolute Gasteiger partial charge is 0.343 e. The Bertz CT molecular complexity index is 1070. The summed E-state index contributed by atoms with van der Waals surface area (Å²) in [6.45, 7) is 4.64. The number of hydrogen-bond acceptors (Lipinski definition) is 4. The molecule has 4 rings (SSSR count). The lowest BCUT2D eigenvalue weighted by Crippen LogP contribution is -2.50. The summed E-state index contributed by atoms with van der Waals surface area (Å²) in [7, 11) is 3.38. The van der Waals surface area contributed by atoms with E-state index in [0.717, 1.165) is 13.1 Å². The van der Waals surface area contributed by atoms with Crippen LogP contribution in [0.25, 0.3) is 0 Å². The van der Waals surface area contributed by atoms with Crippen LogP contribution in [0.4, 0.5) is 0 Å². The van der Waals surface area contributed by atoms with E-state index < -0.39 is 0 Å². The van der Waals surface area contributed by atoms with E-state index in [1.54, 1.807) is 33.2 Å². The maximum Gasteiger partial charge on any atom is 0.271 e. The molecule has 2 aromatic carbocycles. The third kappa shape index (κ3) is 4.96. The Morgan fingerprint density at radius 1 is 0.818 bits per heavy atom. The zero-order valence-electron chi connectivity index (χ0n) is 19.4. The van der Waals surface area contributed by atoms with Crippen LogP contribution in [-0.2, 0) is 0 Å². The molecule has 170 valence electrons. The number of rotatable bonds is 5. The molecule has 0 atom stereocenters. The van der Waals surface area contributed by atoms with Crippen LogP contribution in [0.5, 0.6) is 0 Å². The van der Waals surface area contributed by atoms with Crippen LogP contribution in [0, 0.1) is 6.92 Å². The summed E-state index contributed by atoms with van der Waals surface area (Å²) in [5.41, 5.74) is 4.00. The second-order valence-electron chi connectivity index (χ2n) is 8.58. The van der Waals surface area contributed by atoms with Gasteiger partial charge in [-0.2, -0.15) is 0 Å². The quantitative estimate of drug-likeness (QED) is 0.605. The minimum absolute atomic E-state index is 0.0283. The highest BCUT2D eigenvalue weighted by molar-refractivity contribution is 5.97. The van der Waals surface area contributed by atoms with Gasteiger partial charge in [0.2, 0.25) is 0 Å². The molecule has 1 fully saturated rings. The Hall–Kier alpha value is -3.51. The van der Waals surface area contributed by atoms with E-state index >= 15 is 0 Å². The molecule has 1 aliphatic rings. The minimum atomic E-state index is -0.168. The fourth-order valence-electron chi connectivity index (χ4n) is 4.37. The minimum Gasteiger partial charge on any atom is -0.343 e. The second kappa shape index (κ2) is 9.96. The molecule has 1 aromatic heterocycles. The van der Waals surface area contributed by atoms with Gasteiger partial charge in [0.15, 0.2) is 0 Å². The normalized spacial score (nSPS) is 14.4. The standard InChI is InChI=1S/C27H30N4O2/c1-20-23(14-15-24(28-20)27(33)29(2)3)26(32)31-18-16-30(17-19-31)25(21-10-6-4-7-11-21)22-12-8-5-9-13-22/h4-15,25H,16-19H2,1-3H3. The fraction of sp³-hybridized carbons (Fsp3) is 0.296. The van der Waals surface area contributed by atoms with Crippen LogP contribution in [0.3, 0.4) is 0 Å². The molecular formula is C27H30N4O2. The summed E-state index contributed by atoms with van der Waals surface area (Å²) in [6, 6.07) is 24.6. The number of benzene rings is 2. The maximum absolute atomic E-state index is 13.2. The highest BCUT2D eigenvalue weighted by Crippen LogP contribution is 2.29. The average molecular weight is 443 g/mol. The number of hydrogen-bond donors (Lipinski definition) is 0. The highest BCUT2D eigenvalue weighted by Gasteiger charge is 2.29. The lowest BCUT2D eigenvalue weighted by atomic mass is 9.96. The summed E-state index contributed by atoms with van der Waals surface area (Å²) in [6.07, 6.45) is 0. The van der Waals surface area contributed by atoms with Gasteiger partial charge in [-0.05, 0) is 30.2 Å². The van der Waals surface area contributed by atoms with E-state index in [2.05, 4.69) is 58.4 Å². The first kappa shape index (κ1) is 22.7. The molecule has 33 heavy (non-hydrogen) atoms. The Balaban J connectivity index is 1.49. The summed E-state index contributed by atoms with van der Waals surface area (Å²) < 4.78 is 0. The van der Waals surface area contributed by atoms with Crippen molar-refractivity contribution in [3.05, 3.63) is 101 Å². The summed E-state index contributed by atoms with van der Waals surface area (Å²) in [5.74, 6) is -0.196. The number of carbonyl (C=O) groups excluding carboxylic acids is 2. The lowest BCUT2D eigenvalue weighted by Gasteiger charge is -2.40. The lowest BCUT2D eigenvalue weighted by molar-refractivity contribution is 0.0595. The predicted octanol–water partition coefficient (Wildman–Crippen LogP) is 3.64. The molecule has 2 heterocycles. The topological polar surface area (TPSA) is 56.8 Å². The molecule has 3 aromatic rings. The Morgan fingerprint density at radius 2 is 1.36 bits per heavy atom. The molecule has 0 spiro atoms. The van der Waals surface area contributed by atoms with Crippen molar-refractivity contribution >= 4 is 11.8 Å². The van der Waals surface area contributed by atoms with Crippen LogP contribution in [0.15, 0.2) is 72.8 Å². The number of aromatic nitrogens is 1. The molecule has 0 aliphatic carbocycles. The molecule has 1 aliphatic heterocycles. The smallest absolute Gasteiger partial charge is 0.271 e. The molecule has 0 unspecified atom stereocenters. The van der Waals surface area contributed by atoms with Gasteiger partial charge in [-0.1, -0.05) is 60.7 Å². The first-order valence-corrected chi connectivity index (χ1v) is 11.3. The zero-order valence-corrected chi connectivity index (χ0v) is 19.4. The van der Waals surface area contributed by atoms with E-state index in [-0.39, 0.29) is 17.9 Å². The van der Waals surface area contributed by atoms with Gasteiger partial charge in [-0.3, -0.25) is 14.5 Å². The molecular weight excluding hydrogens is 412 g/mol. The first-order chi connectivity index (χ1) is 16.0. The van der Waals surface area contributed by atoms with Crippen molar-refractivity contribution in [1.29, 1.82) is 0 Å². The van der Waals surface area contributed by atoms with Crippen molar-refractivity contribution in [3.63, 3.8) is 0 Å². The average Bonchev–Trinajstić information content (AvgIpc) is 2.85. The van der Waals surface area contributed by atoms with Gasteiger partial charge in [0, 0.05) is 40.3 Å². The van der Waals surface area contributed by atoms with Crippen LogP contribution in [0.1, 0.15) is 43.7 Å². The van der Waals surface area contributed by atoms with E-state index in [1.165, 1.54) is 16.0 Å². The number of nitrogens with zero attached hydrogens (tertiary/aromatic N) is 4. The molecule has 0 saturated carbocycles. The molecule has 6 nitrogen and oxygen atoms in total. The van der Waals surface area contributed by atoms with Crippen molar-refractivity contribution in [1.82, 2.24) is 19.7 Å². The van der Waals surface area contributed by atoms with E-state index in [9.17, 15) is 9.59 Å². The van der Waals surface area contributed by atoms with Crippen LogP contribution in [-0.4, -0.2) is 71.8 Å². The summed E-state index contributed by atoms with van der Waals surface area (Å²) >= 11 is 0. The number of amides is 2. The number of aryl methyl sites for hydroxylation is 1. The number of pyridine rings is 1. The van der Waals surface area contributed by atoms with Crippen LogP contribution >= 0.6 is 0 Å².